The summed E-state index contributed by atoms with van der Waals surface area (Å²) >= 11 is 0. The van der Waals surface area contributed by atoms with Crippen LogP contribution in [0.1, 0.15) is 60.8 Å². The maximum Gasteiger partial charge on any atom is 0.127 e. The molecule has 7 fully saturated rings. The first kappa shape index (κ1) is 25.0. The van der Waals surface area contributed by atoms with Crippen molar-refractivity contribution in [1.29, 1.82) is 0 Å². The van der Waals surface area contributed by atoms with Crippen molar-refractivity contribution in [1.82, 2.24) is 0 Å². The van der Waals surface area contributed by atoms with Crippen LogP contribution in [0.3, 0.4) is 0 Å². The van der Waals surface area contributed by atoms with Crippen LogP contribution in [-0.4, -0.2) is 0 Å². The molecule has 4 aromatic rings. The van der Waals surface area contributed by atoms with Gasteiger partial charge in [0, 0.05) is 10.8 Å². The smallest absolute Gasteiger partial charge is 0.127 e. The topological polar surface area (TPSA) is 18.5 Å². The summed E-state index contributed by atoms with van der Waals surface area (Å²) in [6, 6.07) is 35.5. The zero-order valence-corrected chi connectivity index (χ0v) is 24.8. The van der Waals surface area contributed by atoms with Crippen molar-refractivity contribution >= 4 is 0 Å². The van der Waals surface area contributed by atoms with Crippen LogP contribution in [0.2, 0.25) is 0 Å². The fourth-order valence-corrected chi connectivity index (χ4v) is 11.3. The van der Waals surface area contributed by atoms with Crippen molar-refractivity contribution in [3.8, 4) is 23.0 Å². The van der Waals surface area contributed by atoms with Gasteiger partial charge >= 0.3 is 0 Å². The molecule has 0 radical (unpaired) electrons. The molecule has 7 saturated carbocycles. The van der Waals surface area contributed by atoms with Crippen molar-refractivity contribution in [2.45, 2.75) is 63.2 Å². The molecule has 2 nitrogen and oxygen atoms in total. The minimum Gasteiger partial charge on any atom is -0.457 e. The highest BCUT2D eigenvalue weighted by Gasteiger charge is 2.75. The SMILES string of the molecule is Cc1ccc(Oc2ccc(C34CC5CC6C3CC3CC4C(C5)C6(c4ccc(Oc5ccc(C)cc5)cc4)C3)cc2)cc1. The van der Waals surface area contributed by atoms with Crippen LogP contribution in [-0.2, 0) is 10.8 Å². The fraction of sp³-hybridized carbons (Fsp3) is 0.400. The van der Waals surface area contributed by atoms with Crippen LogP contribution in [0.5, 0.6) is 23.0 Å². The minimum atomic E-state index is 0.355. The Morgan fingerprint density at radius 2 is 0.714 bits per heavy atom. The van der Waals surface area contributed by atoms with Crippen LogP contribution in [0, 0.1) is 49.4 Å². The van der Waals surface area contributed by atoms with Crippen LogP contribution >= 0.6 is 0 Å². The molecule has 0 amide bonds. The van der Waals surface area contributed by atoms with Crippen molar-refractivity contribution in [3.05, 3.63) is 119 Å². The minimum absolute atomic E-state index is 0.355. The van der Waals surface area contributed by atoms with Gasteiger partial charge in [0.05, 0.1) is 0 Å². The molecule has 0 saturated heterocycles. The van der Waals surface area contributed by atoms with E-state index in [2.05, 4.69) is 111 Å². The van der Waals surface area contributed by atoms with E-state index in [-0.39, 0.29) is 0 Å². The van der Waals surface area contributed by atoms with Gasteiger partial charge in [-0.25, -0.2) is 0 Å². The van der Waals surface area contributed by atoms with E-state index in [1.165, 1.54) is 49.7 Å². The average molecular weight is 553 g/mol. The van der Waals surface area contributed by atoms with Gasteiger partial charge in [0.1, 0.15) is 23.0 Å². The van der Waals surface area contributed by atoms with Gasteiger partial charge in [-0.2, -0.15) is 0 Å². The Morgan fingerprint density at radius 1 is 0.429 bits per heavy atom. The lowest BCUT2D eigenvalue weighted by Gasteiger charge is -2.79. The summed E-state index contributed by atoms with van der Waals surface area (Å²) < 4.78 is 12.5. The van der Waals surface area contributed by atoms with Gasteiger partial charge in [-0.05, 0) is 148 Å². The molecule has 0 spiro atoms. The second kappa shape index (κ2) is 8.99. The zero-order chi connectivity index (χ0) is 28.1. The molecule has 0 N–H and O–H groups in total. The molecule has 7 aliphatic rings. The van der Waals surface area contributed by atoms with E-state index in [1.807, 2.05) is 0 Å². The zero-order valence-electron chi connectivity index (χ0n) is 24.8. The monoisotopic (exact) mass is 552 g/mol. The van der Waals surface area contributed by atoms with Gasteiger partial charge in [-0.15, -0.1) is 0 Å². The van der Waals surface area contributed by atoms with Gasteiger partial charge in [0.2, 0.25) is 0 Å². The third-order valence-corrected chi connectivity index (χ3v) is 12.5. The van der Waals surface area contributed by atoms with E-state index in [0.717, 1.165) is 58.5 Å². The molecule has 2 heteroatoms. The Balaban J connectivity index is 1.03. The fourth-order valence-electron chi connectivity index (χ4n) is 11.3. The van der Waals surface area contributed by atoms with Crippen molar-refractivity contribution in [2.24, 2.45) is 35.5 Å². The molecule has 0 aliphatic heterocycles. The predicted octanol–water partition coefficient (Wildman–Crippen LogP) is 10.2. The highest BCUT2D eigenvalue weighted by atomic mass is 16.5. The van der Waals surface area contributed by atoms with Gasteiger partial charge in [0.15, 0.2) is 0 Å². The lowest BCUT2D eigenvalue weighted by Crippen LogP contribution is -2.75. The molecule has 8 bridgehead atoms. The molecular formula is C40H40O2. The van der Waals surface area contributed by atoms with E-state index >= 15 is 0 Å². The number of hydrogen-bond acceptors (Lipinski definition) is 2. The van der Waals surface area contributed by atoms with E-state index in [4.69, 9.17) is 9.47 Å². The Hall–Kier alpha value is -3.52. The number of rotatable bonds is 6. The summed E-state index contributed by atoms with van der Waals surface area (Å²) in [4.78, 5) is 0. The third-order valence-electron chi connectivity index (χ3n) is 12.5. The Morgan fingerprint density at radius 3 is 1.02 bits per heavy atom. The summed E-state index contributed by atoms with van der Waals surface area (Å²) in [5.41, 5.74) is 6.43. The number of hydrogen-bond donors (Lipinski definition) is 0. The van der Waals surface area contributed by atoms with Crippen LogP contribution < -0.4 is 9.47 Å². The van der Waals surface area contributed by atoms with Gasteiger partial charge < -0.3 is 9.47 Å². The van der Waals surface area contributed by atoms with Crippen molar-refractivity contribution < 1.29 is 9.47 Å². The summed E-state index contributed by atoms with van der Waals surface area (Å²) in [6.45, 7) is 4.23. The Kier molecular flexibility index (Phi) is 5.36. The summed E-state index contributed by atoms with van der Waals surface area (Å²) in [5.74, 6) is 8.69. The Bertz CT molecular complexity index is 1470. The summed E-state index contributed by atoms with van der Waals surface area (Å²) in [6.07, 6.45) is 8.52. The number of ether oxygens (including phenoxy) is 2. The first-order valence-corrected chi connectivity index (χ1v) is 16.2. The quantitative estimate of drug-likeness (QED) is 0.237. The molecule has 42 heavy (non-hydrogen) atoms. The van der Waals surface area contributed by atoms with Gasteiger partial charge in [0.25, 0.3) is 0 Å². The van der Waals surface area contributed by atoms with E-state index < -0.39 is 0 Å². The van der Waals surface area contributed by atoms with E-state index in [9.17, 15) is 0 Å². The molecule has 212 valence electrons. The third kappa shape index (κ3) is 3.50. The maximum atomic E-state index is 6.24. The lowest BCUT2D eigenvalue weighted by molar-refractivity contribution is -0.237. The molecule has 0 aromatic heterocycles. The first-order valence-electron chi connectivity index (χ1n) is 16.2. The van der Waals surface area contributed by atoms with Crippen LogP contribution in [0.25, 0.3) is 0 Å². The number of benzene rings is 4. The summed E-state index contributed by atoms with van der Waals surface area (Å²) in [5, 5.41) is 0. The second-order valence-electron chi connectivity index (χ2n) is 14.5. The molecule has 11 rings (SSSR count). The van der Waals surface area contributed by atoms with Crippen LogP contribution in [0.4, 0.5) is 0 Å². The average Bonchev–Trinajstić information content (AvgIpc) is 3.02. The van der Waals surface area contributed by atoms with E-state index in [0.29, 0.717) is 10.8 Å². The standard InChI is InChI=1S/C40H40O2/c1-25-3-11-31(12-4-25)41-33-15-7-29(8-16-33)39-23-27-21-37-35(39)19-28-20-36(39)38(22-27)40(37,24-28)30-9-17-34(18-10-30)42-32-13-5-26(2)6-14-32/h3-18,27-28,35-38H,19-24H2,1-2H3. The van der Waals surface area contributed by atoms with Gasteiger partial charge in [-0.3, -0.25) is 0 Å². The van der Waals surface area contributed by atoms with Gasteiger partial charge in [-0.1, -0.05) is 59.7 Å². The highest BCUT2D eigenvalue weighted by Crippen LogP contribution is 2.80. The largest absolute Gasteiger partial charge is 0.457 e. The molecule has 4 unspecified atom stereocenters. The second-order valence-corrected chi connectivity index (χ2v) is 14.5. The Labute approximate surface area is 250 Å². The lowest BCUT2D eigenvalue weighted by atomic mass is 9.25. The van der Waals surface area contributed by atoms with Crippen molar-refractivity contribution in [3.63, 3.8) is 0 Å². The van der Waals surface area contributed by atoms with E-state index in [1.54, 1.807) is 11.1 Å². The predicted molar refractivity (Wildman–Crippen MR) is 167 cm³/mol. The normalized spacial score (nSPS) is 35.0. The molecule has 4 atom stereocenters. The molecule has 0 heterocycles. The van der Waals surface area contributed by atoms with Crippen molar-refractivity contribution in [2.75, 3.05) is 0 Å². The highest BCUT2D eigenvalue weighted by molar-refractivity contribution is 5.46. The maximum absolute atomic E-state index is 6.24. The van der Waals surface area contributed by atoms with Crippen LogP contribution in [0.15, 0.2) is 97.1 Å². The summed E-state index contributed by atoms with van der Waals surface area (Å²) in [7, 11) is 0. The first-order chi connectivity index (χ1) is 20.5. The molecule has 7 aliphatic carbocycles. The molecule has 4 aromatic carbocycles. The molecular weight excluding hydrogens is 512 g/mol. The number of aryl methyl sites for hydroxylation is 2.